The Labute approximate surface area is 156 Å². The number of benzene rings is 2. The summed E-state index contributed by atoms with van der Waals surface area (Å²) in [6.45, 7) is 1.51. The van der Waals surface area contributed by atoms with Gasteiger partial charge in [0.15, 0.2) is 0 Å². The molecule has 0 aromatic heterocycles. The van der Waals surface area contributed by atoms with Crippen molar-refractivity contribution in [3.63, 3.8) is 0 Å². The number of halogens is 2. The van der Waals surface area contributed by atoms with Gasteiger partial charge in [-0.2, -0.15) is 0 Å². The molecule has 0 spiro atoms. The lowest BCUT2D eigenvalue weighted by atomic mass is 10.1. The van der Waals surface area contributed by atoms with E-state index in [4.69, 9.17) is 11.6 Å². The number of nitrogens with one attached hydrogen (secondary N) is 1. The number of carbonyl (C=O) groups is 1. The molecular formula is C18H18ClFN2O3S. The number of likely N-dealkylation sites (tertiary alicyclic amines) is 1. The van der Waals surface area contributed by atoms with Gasteiger partial charge in [-0.15, -0.1) is 0 Å². The summed E-state index contributed by atoms with van der Waals surface area (Å²) in [4.78, 5) is 14.1. The standard InChI is InChI=1S/C18H18ClFN2O3S/c19-16-11-15(6-7-17(16)20)26(24,25)21-12-13-4-3-5-14(10-13)18(23)22-8-1-2-9-22/h3-7,10-11,21H,1-2,8-9,12H2. The van der Waals surface area contributed by atoms with E-state index in [1.165, 1.54) is 0 Å². The smallest absolute Gasteiger partial charge is 0.253 e. The van der Waals surface area contributed by atoms with Crippen molar-refractivity contribution in [2.45, 2.75) is 24.3 Å². The molecule has 1 N–H and O–H groups in total. The minimum Gasteiger partial charge on any atom is -0.339 e. The van der Waals surface area contributed by atoms with E-state index in [0.717, 1.165) is 44.1 Å². The highest BCUT2D eigenvalue weighted by atomic mass is 35.5. The Morgan fingerprint density at radius 1 is 1.15 bits per heavy atom. The first-order chi connectivity index (χ1) is 12.4. The van der Waals surface area contributed by atoms with Gasteiger partial charge >= 0.3 is 0 Å². The van der Waals surface area contributed by atoms with Crippen LogP contribution >= 0.6 is 11.6 Å². The molecule has 1 fully saturated rings. The van der Waals surface area contributed by atoms with E-state index < -0.39 is 15.8 Å². The fourth-order valence-electron chi connectivity index (χ4n) is 2.82. The topological polar surface area (TPSA) is 66.5 Å². The van der Waals surface area contributed by atoms with Crippen LogP contribution in [0, 0.1) is 5.82 Å². The van der Waals surface area contributed by atoms with Crippen molar-refractivity contribution in [3.8, 4) is 0 Å². The van der Waals surface area contributed by atoms with Crippen LogP contribution in [0.4, 0.5) is 4.39 Å². The van der Waals surface area contributed by atoms with Gasteiger partial charge in [-0.3, -0.25) is 4.79 Å². The van der Waals surface area contributed by atoms with Gasteiger partial charge in [-0.05, 0) is 48.7 Å². The summed E-state index contributed by atoms with van der Waals surface area (Å²) in [5.41, 5.74) is 1.19. The van der Waals surface area contributed by atoms with Gasteiger partial charge < -0.3 is 4.90 Å². The molecule has 1 saturated heterocycles. The van der Waals surface area contributed by atoms with Gasteiger partial charge in [-0.25, -0.2) is 17.5 Å². The first-order valence-electron chi connectivity index (χ1n) is 8.20. The fourth-order valence-corrected chi connectivity index (χ4v) is 4.11. The highest BCUT2D eigenvalue weighted by molar-refractivity contribution is 7.89. The molecule has 3 rings (SSSR count). The lowest BCUT2D eigenvalue weighted by Crippen LogP contribution is -2.28. The minimum absolute atomic E-state index is 0.0124. The Balaban J connectivity index is 1.72. The van der Waals surface area contributed by atoms with Crippen LogP contribution in [0.15, 0.2) is 47.4 Å². The normalized spacial score (nSPS) is 14.6. The molecule has 26 heavy (non-hydrogen) atoms. The van der Waals surface area contributed by atoms with Crippen LogP contribution in [-0.2, 0) is 16.6 Å². The summed E-state index contributed by atoms with van der Waals surface area (Å²) in [5, 5.41) is -0.258. The van der Waals surface area contributed by atoms with Crippen LogP contribution in [0.25, 0.3) is 0 Å². The summed E-state index contributed by atoms with van der Waals surface area (Å²) in [6.07, 6.45) is 2.01. The fraction of sp³-hybridized carbons (Fsp3) is 0.278. The maximum Gasteiger partial charge on any atom is 0.253 e. The molecule has 0 radical (unpaired) electrons. The molecule has 0 saturated carbocycles. The van der Waals surface area contributed by atoms with Gasteiger partial charge in [0.25, 0.3) is 5.91 Å². The SMILES string of the molecule is O=C(c1cccc(CNS(=O)(=O)c2ccc(F)c(Cl)c2)c1)N1CCCC1. The molecule has 0 atom stereocenters. The Morgan fingerprint density at radius 2 is 1.88 bits per heavy atom. The monoisotopic (exact) mass is 396 g/mol. The predicted octanol–water partition coefficient (Wildman–Crippen LogP) is 3.19. The van der Waals surface area contributed by atoms with Gasteiger partial charge in [0.2, 0.25) is 10.0 Å². The zero-order valence-electron chi connectivity index (χ0n) is 13.9. The number of hydrogen-bond donors (Lipinski definition) is 1. The number of amides is 1. The first kappa shape index (κ1) is 18.8. The van der Waals surface area contributed by atoms with Gasteiger partial charge in [0, 0.05) is 25.2 Å². The lowest BCUT2D eigenvalue weighted by molar-refractivity contribution is 0.0792. The second-order valence-corrected chi connectivity index (χ2v) is 8.27. The van der Waals surface area contributed by atoms with E-state index in [9.17, 15) is 17.6 Å². The van der Waals surface area contributed by atoms with Crippen LogP contribution in [0.5, 0.6) is 0 Å². The number of carbonyl (C=O) groups excluding carboxylic acids is 1. The number of sulfonamides is 1. The predicted molar refractivity (Wildman–Crippen MR) is 97.0 cm³/mol. The molecule has 1 aliphatic rings. The second-order valence-electron chi connectivity index (χ2n) is 6.10. The van der Waals surface area contributed by atoms with Gasteiger partial charge in [0.1, 0.15) is 5.82 Å². The van der Waals surface area contributed by atoms with E-state index in [1.54, 1.807) is 29.2 Å². The van der Waals surface area contributed by atoms with Crippen LogP contribution < -0.4 is 4.72 Å². The summed E-state index contributed by atoms with van der Waals surface area (Å²) >= 11 is 5.65. The minimum atomic E-state index is -3.84. The van der Waals surface area contributed by atoms with Gasteiger partial charge in [-0.1, -0.05) is 23.7 Å². The lowest BCUT2D eigenvalue weighted by Gasteiger charge is -2.15. The van der Waals surface area contributed by atoms with E-state index in [-0.39, 0.29) is 22.4 Å². The van der Waals surface area contributed by atoms with Crippen molar-refractivity contribution >= 4 is 27.5 Å². The van der Waals surface area contributed by atoms with E-state index >= 15 is 0 Å². The number of rotatable bonds is 5. The highest BCUT2D eigenvalue weighted by Crippen LogP contribution is 2.20. The van der Waals surface area contributed by atoms with E-state index in [2.05, 4.69) is 4.72 Å². The summed E-state index contributed by atoms with van der Waals surface area (Å²) in [7, 11) is -3.84. The van der Waals surface area contributed by atoms with E-state index in [0.29, 0.717) is 11.1 Å². The number of nitrogens with zero attached hydrogens (tertiary/aromatic N) is 1. The first-order valence-corrected chi connectivity index (χ1v) is 10.1. The molecule has 0 bridgehead atoms. The maximum atomic E-state index is 13.2. The van der Waals surface area contributed by atoms with Crippen molar-refractivity contribution in [2.24, 2.45) is 0 Å². The van der Waals surface area contributed by atoms with Crippen LogP contribution in [0.3, 0.4) is 0 Å². The zero-order chi connectivity index (χ0) is 18.7. The van der Waals surface area contributed by atoms with Crippen molar-refractivity contribution in [3.05, 3.63) is 64.4 Å². The van der Waals surface area contributed by atoms with Gasteiger partial charge in [0.05, 0.1) is 9.92 Å². The number of hydrogen-bond acceptors (Lipinski definition) is 3. The van der Waals surface area contributed by atoms with Crippen molar-refractivity contribution in [1.82, 2.24) is 9.62 Å². The molecule has 1 amide bonds. The van der Waals surface area contributed by atoms with Crippen LogP contribution in [-0.4, -0.2) is 32.3 Å². The molecule has 1 aliphatic heterocycles. The Kier molecular flexibility index (Phi) is 5.60. The van der Waals surface area contributed by atoms with Crippen molar-refractivity contribution < 1.29 is 17.6 Å². The van der Waals surface area contributed by atoms with E-state index in [1.807, 2.05) is 0 Å². The summed E-state index contributed by atoms with van der Waals surface area (Å²) < 4.78 is 40.3. The Morgan fingerprint density at radius 3 is 2.58 bits per heavy atom. The quantitative estimate of drug-likeness (QED) is 0.844. The third-order valence-corrected chi connectivity index (χ3v) is 5.92. The Hall–Kier alpha value is -1.96. The third-order valence-electron chi connectivity index (χ3n) is 4.23. The zero-order valence-corrected chi connectivity index (χ0v) is 15.5. The maximum absolute atomic E-state index is 13.2. The third kappa shape index (κ3) is 4.23. The molecule has 2 aromatic rings. The summed E-state index contributed by atoms with van der Waals surface area (Å²) in [6, 6.07) is 10.1. The largest absolute Gasteiger partial charge is 0.339 e. The molecule has 0 aliphatic carbocycles. The van der Waals surface area contributed by atoms with Crippen molar-refractivity contribution in [2.75, 3.05) is 13.1 Å². The van der Waals surface area contributed by atoms with Crippen molar-refractivity contribution in [1.29, 1.82) is 0 Å². The second kappa shape index (κ2) is 7.73. The molecule has 1 heterocycles. The van der Waals surface area contributed by atoms with Crippen LogP contribution in [0.2, 0.25) is 5.02 Å². The van der Waals surface area contributed by atoms with Crippen LogP contribution in [0.1, 0.15) is 28.8 Å². The molecular weight excluding hydrogens is 379 g/mol. The molecule has 138 valence electrons. The average molecular weight is 397 g/mol. The summed E-state index contributed by atoms with van der Waals surface area (Å²) in [5.74, 6) is -0.726. The molecule has 0 unspecified atom stereocenters. The average Bonchev–Trinajstić information content (AvgIpc) is 3.16. The highest BCUT2D eigenvalue weighted by Gasteiger charge is 2.20. The molecule has 8 heteroatoms. The molecule has 5 nitrogen and oxygen atoms in total. The Bertz CT molecular complexity index is 928. The molecule has 2 aromatic carbocycles.